The van der Waals surface area contributed by atoms with Crippen LogP contribution in [0.5, 0.6) is 11.5 Å². The van der Waals surface area contributed by atoms with Crippen LogP contribution in [0.1, 0.15) is 30.5 Å². The Labute approximate surface area is 224 Å². The number of hydrogen-bond donors (Lipinski definition) is 4. The molecule has 38 heavy (non-hydrogen) atoms. The van der Waals surface area contributed by atoms with E-state index in [1.165, 1.54) is 16.7 Å². The number of anilines is 1. The van der Waals surface area contributed by atoms with Gasteiger partial charge in [0.1, 0.15) is 11.5 Å². The Morgan fingerprint density at radius 2 is 1.84 bits per heavy atom. The fourth-order valence-corrected chi connectivity index (χ4v) is 5.76. The molecule has 0 spiro atoms. The number of amides is 3. The molecule has 0 saturated heterocycles. The van der Waals surface area contributed by atoms with Gasteiger partial charge in [0.25, 0.3) is 0 Å². The van der Waals surface area contributed by atoms with E-state index in [1.807, 2.05) is 84.6 Å². The van der Waals surface area contributed by atoms with Gasteiger partial charge in [0.05, 0.1) is 18.3 Å². The Morgan fingerprint density at radius 1 is 1.08 bits per heavy atom. The van der Waals surface area contributed by atoms with E-state index in [1.54, 1.807) is 6.20 Å². The van der Waals surface area contributed by atoms with Crippen molar-refractivity contribution in [2.45, 2.75) is 36.3 Å². The molecule has 3 amide bonds. The van der Waals surface area contributed by atoms with Crippen molar-refractivity contribution in [2.75, 3.05) is 11.5 Å². The lowest BCUT2D eigenvalue weighted by Crippen LogP contribution is -2.38. The molecule has 0 aromatic heterocycles. The van der Waals surface area contributed by atoms with Gasteiger partial charge in [-0.2, -0.15) is 0 Å². The molecule has 0 radical (unpaired) electrons. The van der Waals surface area contributed by atoms with E-state index in [4.69, 9.17) is 4.74 Å². The van der Waals surface area contributed by atoms with E-state index >= 15 is 0 Å². The number of rotatable bonds is 8. The third-order valence-corrected chi connectivity index (χ3v) is 7.64. The number of urea groups is 1. The van der Waals surface area contributed by atoms with Gasteiger partial charge < -0.3 is 30.5 Å². The number of para-hydroxylation sites is 1. The van der Waals surface area contributed by atoms with Crippen LogP contribution in [-0.4, -0.2) is 39.3 Å². The molecule has 2 aliphatic rings. The predicted molar refractivity (Wildman–Crippen MR) is 145 cm³/mol. The van der Waals surface area contributed by atoms with E-state index in [9.17, 15) is 19.8 Å². The molecule has 0 fully saturated rings. The first-order valence-corrected chi connectivity index (χ1v) is 13.1. The fourth-order valence-electron chi connectivity index (χ4n) is 4.49. The van der Waals surface area contributed by atoms with E-state index in [0.717, 1.165) is 27.4 Å². The Bertz CT molecular complexity index is 1370. The van der Waals surface area contributed by atoms with Gasteiger partial charge in [-0.15, -0.1) is 0 Å². The van der Waals surface area contributed by atoms with Crippen molar-refractivity contribution in [1.29, 1.82) is 0 Å². The molecular weight excluding hydrogens is 504 g/mol. The van der Waals surface area contributed by atoms with Crippen LogP contribution in [0.4, 0.5) is 15.3 Å². The molecular formula is C28H28N4O5S. The summed E-state index contributed by atoms with van der Waals surface area (Å²) in [6.07, 6.45) is 1.39. The normalized spacial score (nSPS) is 16.4. The molecule has 2 atom stereocenters. The number of carbonyl (C=O) groups excluding carboxylic acids is 1. The first-order valence-electron chi connectivity index (χ1n) is 12.3. The summed E-state index contributed by atoms with van der Waals surface area (Å²) < 4.78 is 6.23. The third kappa shape index (κ3) is 5.13. The average molecular weight is 533 g/mol. The van der Waals surface area contributed by atoms with Crippen LogP contribution in [-0.2, 0) is 6.54 Å². The number of fused-ring (bicyclic) bond motifs is 3. The summed E-state index contributed by atoms with van der Waals surface area (Å²) in [5.74, 6) is 1.20. The maximum absolute atomic E-state index is 12.6. The number of nitrogens with zero attached hydrogens (tertiary/aromatic N) is 2. The second-order valence-electron chi connectivity index (χ2n) is 8.79. The van der Waals surface area contributed by atoms with Crippen LogP contribution in [0.3, 0.4) is 0 Å². The summed E-state index contributed by atoms with van der Waals surface area (Å²) in [5.41, 5.74) is 3.06. The van der Waals surface area contributed by atoms with E-state index < -0.39 is 18.2 Å². The summed E-state index contributed by atoms with van der Waals surface area (Å²) in [7, 11) is 0. The van der Waals surface area contributed by atoms with Crippen molar-refractivity contribution in [3.05, 3.63) is 95.8 Å². The zero-order valence-electron chi connectivity index (χ0n) is 20.7. The van der Waals surface area contributed by atoms with Gasteiger partial charge in [0, 0.05) is 35.0 Å². The maximum atomic E-state index is 12.6. The summed E-state index contributed by atoms with van der Waals surface area (Å²) in [6.45, 7) is 2.00. The number of carboxylic acid groups (broad SMARTS) is 1. The highest BCUT2D eigenvalue weighted by atomic mass is 32.2. The fraction of sp³-hybridized carbons (Fsp3) is 0.214. The number of aliphatic hydroxyl groups is 1. The number of allylic oxidation sites excluding steroid dienone is 1. The number of aliphatic hydroxyl groups excluding tert-OH is 1. The smallest absolute Gasteiger partial charge is 0.413 e. The van der Waals surface area contributed by atoms with Gasteiger partial charge in [-0.3, -0.25) is 4.90 Å². The average Bonchev–Trinajstić information content (AvgIpc) is 3.49. The molecule has 9 nitrogen and oxygen atoms in total. The lowest BCUT2D eigenvalue weighted by molar-refractivity contribution is 0.163. The molecule has 2 aliphatic heterocycles. The highest BCUT2D eigenvalue weighted by molar-refractivity contribution is 8.00. The molecule has 0 aliphatic carbocycles. The minimum atomic E-state index is -0.986. The topological polar surface area (TPSA) is 114 Å². The van der Waals surface area contributed by atoms with Gasteiger partial charge in [0.15, 0.2) is 5.50 Å². The molecule has 0 bridgehead atoms. The molecule has 5 rings (SSSR count). The molecule has 2 heterocycles. The quantitative estimate of drug-likeness (QED) is 0.305. The van der Waals surface area contributed by atoms with Gasteiger partial charge in [-0.1, -0.05) is 67.2 Å². The summed E-state index contributed by atoms with van der Waals surface area (Å²) in [4.78, 5) is 28.6. The predicted octanol–water partition coefficient (Wildman–Crippen LogP) is 5.45. The molecule has 196 valence electrons. The minimum absolute atomic E-state index is 0.217. The van der Waals surface area contributed by atoms with E-state index in [2.05, 4.69) is 10.6 Å². The summed E-state index contributed by atoms with van der Waals surface area (Å²) >= 11 is 1.49. The summed E-state index contributed by atoms with van der Waals surface area (Å²) in [5, 5.41) is 25.0. The zero-order valence-corrected chi connectivity index (χ0v) is 21.5. The van der Waals surface area contributed by atoms with Crippen LogP contribution in [0.15, 0.2) is 89.6 Å². The number of ether oxygens (including phenoxy) is 1. The lowest BCUT2D eigenvalue weighted by Gasteiger charge is -2.24. The first-order chi connectivity index (χ1) is 18.5. The zero-order chi connectivity index (χ0) is 26.6. The van der Waals surface area contributed by atoms with Gasteiger partial charge >= 0.3 is 12.1 Å². The van der Waals surface area contributed by atoms with Crippen LogP contribution >= 0.6 is 11.8 Å². The number of carbonyl (C=O) groups is 2. The number of nitrogens with one attached hydrogen (secondary N) is 2. The van der Waals surface area contributed by atoms with Gasteiger partial charge in [0.2, 0.25) is 0 Å². The first kappa shape index (κ1) is 25.5. The van der Waals surface area contributed by atoms with Crippen molar-refractivity contribution in [1.82, 2.24) is 15.5 Å². The standard InChI is InChI=1S/C28H28N4O5S/c1-2-20-16-31(28(35)36)27-32(20)23-14-21(12-13-25(23)38-27)37-24-11-7-6-10-19(24)15-29-26(34)30-22(17-33)18-8-4-3-5-9-18/h3-14,16,22,27,33H,2,15,17H2,1H3,(H,35,36)(H2,29,30,34). The van der Waals surface area contributed by atoms with E-state index in [0.29, 0.717) is 17.9 Å². The Morgan fingerprint density at radius 3 is 2.58 bits per heavy atom. The van der Waals surface area contributed by atoms with Crippen LogP contribution in [0.25, 0.3) is 0 Å². The maximum Gasteiger partial charge on any atom is 0.413 e. The largest absolute Gasteiger partial charge is 0.465 e. The molecule has 10 heteroatoms. The Hall–Kier alpha value is -4.15. The molecule has 0 saturated carbocycles. The Kier molecular flexibility index (Phi) is 7.43. The molecule has 4 N–H and O–H groups in total. The van der Waals surface area contributed by atoms with E-state index in [-0.39, 0.29) is 18.6 Å². The van der Waals surface area contributed by atoms with Crippen molar-refractivity contribution >= 4 is 29.6 Å². The molecule has 3 aromatic carbocycles. The second kappa shape index (κ2) is 11.1. The van der Waals surface area contributed by atoms with Gasteiger partial charge in [-0.25, -0.2) is 9.59 Å². The van der Waals surface area contributed by atoms with Crippen molar-refractivity contribution < 1.29 is 24.5 Å². The highest BCUT2D eigenvalue weighted by Gasteiger charge is 2.42. The number of hydrogen-bond acceptors (Lipinski definition) is 6. The molecule has 3 aromatic rings. The monoisotopic (exact) mass is 532 g/mol. The SMILES string of the molecule is CCC1=CN(C(=O)O)C2Sc3ccc(Oc4ccccc4CNC(=O)NC(CO)c4ccccc4)cc3N12. The van der Waals surface area contributed by atoms with Gasteiger partial charge in [-0.05, 0) is 30.2 Å². The van der Waals surface area contributed by atoms with Crippen molar-refractivity contribution in [3.8, 4) is 11.5 Å². The lowest BCUT2D eigenvalue weighted by atomic mass is 10.1. The minimum Gasteiger partial charge on any atom is -0.465 e. The number of thioether (sulfide) groups is 1. The van der Waals surface area contributed by atoms with Crippen molar-refractivity contribution in [2.24, 2.45) is 0 Å². The highest BCUT2D eigenvalue weighted by Crippen LogP contribution is 2.51. The second-order valence-corrected chi connectivity index (χ2v) is 9.89. The van der Waals surface area contributed by atoms with Crippen molar-refractivity contribution in [3.63, 3.8) is 0 Å². The Balaban J connectivity index is 1.27. The van der Waals surface area contributed by atoms with Crippen LogP contribution in [0, 0.1) is 0 Å². The third-order valence-electron chi connectivity index (χ3n) is 6.39. The van der Waals surface area contributed by atoms with Crippen LogP contribution < -0.4 is 20.3 Å². The summed E-state index contributed by atoms with van der Waals surface area (Å²) in [6, 6.07) is 21.5. The number of benzene rings is 3. The van der Waals surface area contributed by atoms with Crippen LogP contribution in [0.2, 0.25) is 0 Å². The molecule has 2 unspecified atom stereocenters.